The largest absolute Gasteiger partial charge is 0.497 e. The van der Waals surface area contributed by atoms with Crippen LogP contribution in [0, 0.1) is 0 Å². The van der Waals surface area contributed by atoms with Crippen molar-refractivity contribution in [3.63, 3.8) is 0 Å². The molecule has 0 radical (unpaired) electrons. The molecule has 1 amide bonds. The van der Waals surface area contributed by atoms with Gasteiger partial charge in [-0.25, -0.2) is 0 Å². The number of ether oxygens (including phenoxy) is 4. The normalized spacial score (nSPS) is 10.2. The third-order valence-corrected chi connectivity index (χ3v) is 3.50. The fourth-order valence-corrected chi connectivity index (χ4v) is 2.29. The van der Waals surface area contributed by atoms with Crippen molar-refractivity contribution in [2.75, 3.05) is 33.8 Å². The number of carbonyl (C=O) groups is 1. The molecular formula is C18H21NO5. The first-order valence-corrected chi connectivity index (χ1v) is 7.32. The Morgan fingerprint density at radius 3 is 2.25 bits per heavy atom. The van der Waals surface area contributed by atoms with Crippen LogP contribution in [-0.2, 0) is 11.3 Å². The first-order chi connectivity index (χ1) is 11.6. The van der Waals surface area contributed by atoms with E-state index in [9.17, 15) is 4.79 Å². The molecule has 0 heterocycles. The highest BCUT2D eigenvalue weighted by molar-refractivity contribution is 6.05. The van der Waals surface area contributed by atoms with Crippen LogP contribution in [0.4, 0.5) is 5.69 Å². The first-order valence-electron chi connectivity index (χ1n) is 7.32. The molecule has 0 spiro atoms. The molecule has 128 valence electrons. The average molecular weight is 331 g/mol. The van der Waals surface area contributed by atoms with Crippen LogP contribution in [0.1, 0.15) is 15.9 Å². The quantitative estimate of drug-likeness (QED) is 0.844. The zero-order chi connectivity index (χ0) is 17.5. The molecule has 2 aromatic carbocycles. The minimum atomic E-state index is -0.262. The van der Waals surface area contributed by atoms with Crippen LogP contribution in [0.5, 0.6) is 17.2 Å². The summed E-state index contributed by atoms with van der Waals surface area (Å²) in [6.45, 7) is 0.354. The lowest BCUT2D eigenvalue weighted by atomic mass is 10.1. The van der Waals surface area contributed by atoms with Gasteiger partial charge in [0.15, 0.2) is 0 Å². The third-order valence-electron chi connectivity index (χ3n) is 3.50. The second-order valence-electron chi connectivity index (χ2n) is 4.98. The van der Waals surface area contributed by atoms with Gasteiger partial charge >= 0.3 is 0 Å². The Balaban J connectivity index is 2.28. The summed E-state index contributed by atoms with van der Waals surface area (Å²) in [7, 11) is 6.28. The maximum Gasteiger partial charge on any atom is 0.255 e. The molecule has 0 aliphatic heterocycles. The van der Waals surface area contributed by atoms with Crippen molar-refractivity contribution in [3.05, 3.63) is 47.5 Å². The predicted molar refractivity (Wildman–Crippen MR) is 91.2 cm³/mol. The lowest BCUT2D eigenvalue weighted by molar-refractivity contribution is 0.102. The second-order valence-corrected chi connectivity index (χ2v) is 4.98. The lowest BCUT2D eigenvalue weighted by Crippen LogP contribution is -2.13. The van der Waals surface area contributed by atoms with Gasteiger partial charge in [-0.1, -0.05) is 0 Å². The summed E-state index contributed by atoms with van der Waals surface area (Å²) in [6, 6.07) is 10.4. The highest BCUT2D eigenvalue weighted by Gasteiger charge is 2.13. The molecule has 0 saturated carbocycles. The summed E-state index contributed by atoms with van der Waals surface area (Å²) < 4.78 is 20.9. The number of hydrogen-bond donors (Lipinski definition) is 1. The minimum absolute atomic E-state index is 0.262. The molecule has 2 rings (SSSR count). The second kappa shape index (κ2) is 8.21. The Morgan fingerprint density at radius 1 is 0.917 bits per heavy atom. The van der Waals surface area contributed by atoms with Crippen molar-refractivity contribution in [1.82, 2.24) is 0 Å². The van der Waals surface area contributed by atoms with Crippen molar-refractivity contribution in [2.45, 2.75) is 6.61 Å². The van der Waals surface area contributed by atoms with E-state index in [-0.39, 0.29) is 5.91 Å². The van der Waals surface area contributed by atoms with Crippen molar-refractivity contribution in [2.24, 2.45) is 0 Å². The van der Waals surface area contributed by atoms with E-state index in [1.54, 1.807) is 64.8 Å². The van der Waals surface area contributed by atoms with Gasteiger partial charge < -0.3 is 24.3 Å². The van der Waals surface area contributed by atoms with E-state index in [0.29, 0.717) is 35.1 Å². The topological polar surface area (TPSA) is 66.0 Å². The van der Waals surface area contributed by atoms with E-state index < -0.39 is 0 Å². The van der Waals surface area contributed by atoms with Gasteiger partial charge in [0.05, 0.1) is 33.6 Å². The maximum atomic E-state index is 12.5. The molecule has 24 heavy (non-hydrogen) atoms. The number of hydrogen-bond acceptors (Lipinski definition) is 5. The van der Waals surface area contributed by atoms with E-state index >= 15 is 0 Å². The Morgan fingerprint density at radius 2 is 1.62 bits per heavy atom. The number of rotatable bonds is 7. The fourth-order valence-electron chi connectivity index (χ4n) is 2.29. The fraction of sp³-hybridized carbons (Fsp3) is 0.278. The SMILES string of the molecule is COCc1cc(C(=O)Nc2cc(OC)ccc2OC)ccc1OC. The van der Waals surface area contributed by atoms with Gasteiger partial charge in [-0.15, -0.1) is 0 Å². The number of anilines is 1. The van der Waals surface area contributed by atoms with E-state index in [1.165, 1.54) is 0 Å². The predicted octanol–water partition coefficient (Wildman–Crippen LogP) is 3.11. The molecule has 6 heteroatoms. The lowest BCUT2D eigenvalue weighted by Gasteiger charge is -2.13. The Hall–Kier alpha value is -2.73. The Labute approximate surface area is 141 Å². The number of amides is 1. The zero-order valence-corrected chi connectivity index (χ0v) is 14.2. The van der Waals surface area contributed by atoms with Gasteiger partial charge in [-0.2, -0.15) is 0 Å². The molecular weight excluding hydrogens is 310 g/mol. The molecule has 0 saturated heterocycles. The molecule has 0 aliphatic rings. The van der Waals surface area contributed by atoms with Gasteiger partial charge in [-0.3, -0.25) is 4.79 Å². The summed E-state index contributed by atoms with van der Waals surface area (Å²) in [5, 5.41) is 2.83. The van der Waals surface area contributed by atoms with Crippen LogP contribution >= 0.6 is 0 Å². The van der Waals surface area contributed by atoms with Gasteiger partial charge in [0.25, 0.3) is 5.91 Å². The number of methoxy groups -OCH3 is 4. The summed E-state index contributed by atoms with van der Waals surface area (Å²) in [4.78, 5) is 12.5. The summed E-state index contributed by atoms with van der Waals surface area (Å²) in [5.41, 5.74) is 1.82. The van der Waals surface area contributed by atoms with Gasteiger partial charge in [0, 0.05) is 24.3 Å². The summed E-state index contributed by atoms with van der Waals surface area (Å²) >= 11 is 0. The Bertz CT molecular complexity index is 715. The number of carbonyl (C=O) groups excluding carboxylic acids is 1. The van der Waals surface area contributed by atoms with E-state index in [2.05, 4.69) is 5.32 Å². The molecule has 1 N–H and O–H groups in total. The van der Waals surface area contributed by atoms with Crippen LogP contribution in [0.25, 0.3) is 0 Å². The molecule has 0 fully saturated rings. The molecule has 0 bridgehead atoms. The molecule has 0 atom stereocenters. The van der Waals surface area contributed by atoms with Crippen molar-refractivity contribution >= 4 is 11.6 Å². The molecule has 6 nitrogen and oxygen atoms in total. The van der Waals surface area contributed by atoms with E-state index in [4.69, 9.17) is 18.9 Å². The van der Waals surface area contributed by atoms with Crippen LogP contribution in [0.3, 0.4) is 0 Å². The Kier molecular flexibility index (Phi) is 6.03. The van der Waals surface area contributed by atoms with Crippen LogP contribution < -0.4 is 19.5 Å². The third kappa shape index (κ3) is 3.97. The van der Waals surface area contributed by atoms with Crippen molar-refractivity contribution in [3.8, 4) is 17.2 Å². The van der Waals surface area contributed by atoms with Gasteiger partial charge in [0.2, 0.25) is 0 Å². The average Bonchev–Trinajstić information content (AvgIpc) is 2.61. The molecule has 0 unspecified atom stereocenters. The standard InChI is InChI=1S/C18H21NO5/c1-21-11-13-9-12(5-7-16(13)23-3)18(20)19-15-10-14(22-2)6-8-17(15)24-4/h5-10H,11H2,1-4H3,(H,19,20). The van der Waals surface area contributed by atoms with Crippen molar-refractivity contribution < 1.29 is 23.7 Å². The van der Waals surface area contributed by atoms with Gasteiger partial charge in [-0.05, 0) is 30.3 Å². The molecule has 0 aromatic heterocycles. The van der Waals surface area contributed by atoms with Crippen LogP contribution in [0.15, 0.2) is 36.4 Å². The van der Waals surface area contributed by atoms with E-state index in [0.717, 1.165) is 5.56 Å². The minimum Gasteiger partial charge on any atom is -0.497 e. The number of benzene rings is 2. The highest BCUT2D eigenvalue weighted by atomic mass is 16.5. The maximum absolute atomic E-state index is 12.5. The summed E-state index contributed by atoms with van der Waals surface area (Å²) in [5.74, 6) is 1.59. The highest BCUT2D eigenvalue weighted by Crippen LogP contribution is 2.29. The molecule has 0 aliphatic carbocycles. The smallest absolute Gasteiger partial charge is 0.255 e. The number of nitrogens with one attached hydrogen (secondary N) is 1. The van der Waals surface area contributed by atoms with Crippen molar-refractivity contribution in [1.29, 1.82) is 0 Å². The van der Waals surface area contributed by atoms with Crippen LogP contribution in [0.2, 0.25) is 0 Å². The first kappa shape index (κ1) is 17.6. The monoisotopic (exact) mass is 331 g/mol. The summed E-state index contributed by atoms with van der Waals surface area (Å²) in [6.07, 6.45) is 0. The zero-order valence-electron chi connectivity index (χ0n) is 14.2. The molecule has 2 aromatic rings. The van der Waals surface area contributed by atoms with E-state index in [1.807, 2.05) is 0 Å². The van der Waals surface area contributed by atoms with Gasteiger partial charge in [0.1, 0.15) is 17.2 Å². The van der Waals surface area contributed by atoms with Crippen LogP contribution in [-0.4, -0.2) is 34.3 Å².